The number of urea groups is 1. The molecule has 2 heterocycles. The first-order chi connectivity index (χ1) is 15.4. The van der Waals surface area contributed by atoms with E-state index in [9.17, 15) is 9.18 Å². The number of aromatic nitrogens is 2. The summed E-state index contributed by atoms with van der Waals surface area (Å²) in [5, 5.41) is 2.99. The third-order valence-corrected chi connectivity index (χ3v) is 5.45. The van der Waals surface area contributed by atoms with Crippen LogP contribution < -0.4 is 15.0 Å². The average molecular weight is 436 g/mol. The van der Waals surface area contributed by atoms with Gasteiger partial charge in [-0.1, -0.05) is 6.07 Å². The number of hydrogen-bond donors (Lipinski definition) is 1. The quantitative estimate of drug-likeness (QED) is 0.663. The van der Waals surface area contributed by atoms with Gasteiger partial charge in [0, 0.05) is 43.5 Å². The smallest absolute Gasteiger partial charge is 0.321 e. The number of anilines is 2. The third-order valence-electron chi connectivity index (χ3n) is 5.45. The van der Waals surface area contributed by atoms with Crippen molar-refractivity contribution in [1.82, 2.24) is 14.9 Å². The molecule has 2 amide bonds. The molecule has 166 valence electrons. The number of carbonyl (C=O) groups is 1. The normalized spacial score (nSPS) is 13.8. The summed E-state index contributed by atoms with van der Waals surface area (Å²) in [4.78, 5) is 25.3. The topological polar surface area (TPSA) is 70.6 Å². The molecule has 32 heavy (non-hydrogen) atoms. The van der Waals surface area contributed by atoms with Gasteiger partial charge in [-0.3, -0.25) is 0 Å². The first kappa shape index (κ1) is 21.5. The van der Waals surface area contributed by atoms with Gasteiger partial charge >= 0.3 is 6.03 Å². The number of nitrogens with zero attached hydrogens (tertiary/aromatic N) is 4. The molecule has 0 aliphatic carbocycles. The molecule has 7 nitrogen and oxygen atoms in total. The SMILES string of the molecule is COc1ccc(F)cc1-c1cc(N2CCN(C(=O)Nc3cc(C)cc(C)c3)CC2)ncn1. The zero-order chi connectivity index (χ0) is 22.7. The summed E-state index contributed by atoms with van der Waals surface area (Å²) in [5.41, 5.74) is 4.18. The van der Waals surface area contributed by atoms with Gasteiger partial charge in [0.15, 0.2) is 0 Å². The van der Waals surface area contributed by atoms with E-state index in [-0.39, 0.29) is 11.8 Å². The van der Waals surface area contributed by atoms with Gasteiger partial charge in [-0.15, -0.1) is 0 Å². The maximum Gasteiger partial charge on any atom is 0.321 e. The molecule has 1 aliphatic rings. The minimum atomic E-state index is -0.357. The minimum Gasteiger partial charge on any atom is -0.496 e. The lowest BCUT2D eigenvalue weighted by molar-refractivity contribution is 0.208. The van der Waals surface area contributed by atoms with Crippen LogP contribution in [0.5, 0.6) is 5.75 Å². The van der Waals surface area contributed by atoms with Crippen molar-refractivity contribution in [3.05, 3.63) is 65.7 Å². The highest BCUT2D eigenvalue weighted by Gasteiger charge is 2.23. The summed E-state index contributed by atoms with van der Waals surface area (Å²) in [7, 11) is 1.54. The van der Waals surface area contributed by atoms with Crippen LogP contribution >= 0.6 is 0 Å². The molecule has 1 fully saturated rings. The molecule has 0 radical (unpaired) electrons. The van der Waals surface area contributed by atoms with E-state index in [1.165, 1.54) is 18.5 Å². The van der Waals surface area contributed by atoms with E-state index >= 15 is 0 Å². The molecule has 0 saturated carbocycles. The van der Waals surface area contributed by atoms with Crippen LogP contribution in [-0.2, 0) is 0 Å². The summed E-state index contributed by atoms with van der Waals surface area (Å²) in [5.74, 6) is 0.920. The van der Waals surface area contributed by atoms with Crippen LogP contribution in [0.25, 0.3) is 11.3 Å². The fourth-order valence-electron chi connectivity index (χ4n) is 3.94. The van der Waals surface area contributed by atoms with E-state index < -0.39 is 0 Å². The van der Waals surface area contributed by atoms with Crippen molar-refractivity contribution in [2.45, 2.75) is 13.8 Å². The first-order valence-electron chi connectivity index (χ1n) is 10.5. The molecule has 4 rings (SSSR count). The number of aryl methyl sites for hydroxylation is 2. The van der Waals surface area contributed by atoms with Crippen LogP contribution in [-0.4, -0.2) is 54.2 Å². The highest BCUT2D eigenvalue weighted by Crippen LogP contribution is 2.30. The van der Waals surface area contributed by atoms with Crippen molar-refractivity contribution in [2.24, 2.45) is 0 Å². The van der Waals surface area contributed by atoms with Crippen LogP contribution in [0, 0.1) is 19.7 Å². The average Bonchev–Trinajstić information content (AvgIpc) is 2.78. The fourth-order valence-corrected chi connectivity index (χ4v) is 3.94. The number of nitrogens with one attached hydrogen (secondary N) is 1. The van der Waals surface area contributed by atoms with Crippen molar-refractivity contribution in [3.63, 3.8) is 0 Å². The van der Waals surface area contributed by atoms with E-state index in [0.717, 1.165) is 22.6 Å². The van der Waals surface area contributed by atoms with E-state index in [1.54, 1.807) is 18.1 Å². The fraction of sp³-hybridized carbons (Fsp3) is 0.292. The van der Waals surface area contributed by atoms with Crippen LogP contribution in [0.15, 0.2) is 48.8 Å². The van der Waals surface area contributed by atoms with Crippen molar-refractivity contribution in [2.75, 3.05) is 43.5 Å². The van der Waals surface area contributed by atoms with E-state index in [1.807, 2.05) is 32.0 Å². The van der Waals surface area contributed by atoms with Gasteiger partial charge in [0.25, 0.3) is 0 Å². The molecule has 0 atom stereocenters. The number of hydrogen-bond acceptors (Lipinski definition) is 5. The van der Waals surface area contributed by atoms with E-state index in [4.69, 9.17) is 4.74 Å². The standard InChI is InChI=1S/C24H26FN5O2/c1-16-10-17(2)12-19(11-16)28-24(31)30-8-6-29(7-9-30)23-14-21(26-15-27-23)20-13-18(25)4-5-22(20)32-3/h4-5,10-15H,6-9H2,1-3H3,(H,28,31). The number of ether oxygens (including phenoxy) is 1. The summed E-state index contributed by atoms with van der Waals surface area (Å²) in [6.45, 7) is 6.43. The molecule has 0 bridgehead atoms. The zero-order valence-corrected chi connectivity index (χ0v) is 18.4. The second-order valence-corrected chi connectivity index (χ2v) is 7.89. The Kier molecular flexibility index (Phi) is 6.20. The summed E-state index contributed by atoms with van der Waals surface area (Å²) >= 11 is 0. The van der Waals surface area contributed by atoms with Crippen LogP contribution in [0.1, 0.15) is 11.1 Å². The van der Waals surface area contributed by atoms with Gasteiger partial charge in [0.1, 0.15) is 23.7 Å². The van der Waals surface area contributed by atoms with Crippen molar-refractivity contribution in [1.29, 1.82) is 0 Å². The highest BCUT2D eigenvalue weighted by molar-refractivity contribution is 5.89. The van der Waals surface area contributed by atoms with Gasteiger partial charge in [0.05, 0.1) is 12.8 Å². The summed E-state index contributed by atoms with van der Waals surface area (Å²) in [6.07, 6.45) is 1.47. The number of rotatable bonds is 4. The van der Waals surface area contributed by atoms with Gasteiger partial charge in [-0.25, -0.2) is 19.2 Å². The van der Waals surface area contributed by atoms with E-state index in [2.05, 4.69) is 26.3 Å². The molecular weight excluding hydrogens is 409 g/mol. The number of halogens is 1. The van der Waals surface area contributed by atoms with Gasteiger partial charge in [-0.2, -0.15) is 0 Å². The Morgan fingerprint density at radius 2 is 1.72 bits per heavy atom. The Bertz CT molecular complexity index is 1110. The van der Waals surface area contributed by atoms with Crippen molar-refractivity contribution >= 4 is 17.5 Å². The van der Waals surface area contributed by atoms with Gasteiger partial charge in [-0.05, 0) is 55.3 Å². The van der Waals surface area contributed by atoms with Crippen molar-refractivity contribution < 1.29 is 13.9 Å². The zero-order valence-electron chi connectivity index (χ0n) is 18.4. The maximum absolute atomic E-state index is 13.8. The Balaban J connectivity index is 1.43. The number of benzene rings is 2. The van der Waals surface area contributed by atoms with Crippen molar-refractivity contribution in [3.8, 4) is 17.0 Å². The Hall–Kier alpha value is -3.68. The molecule has 2 aromatic carbocycles. The molecular formula is C24H26FN5O2. The predicted molar refractivity (Wildman–Crippen MR) is 123 cm³/mol. The number of piperazine rings is 1. The van der Waals surface area contributed by atoms with Crippen LogP contribution in [0.2, 0.25) is 0 Å². The van der Waals surface area contributed by atoms with E-state index in [0.29, 0.717) is 43.2 Å². The maximum atomic E-state index is 13.8. The second kappa shape index (κ2) is 9.21. The Labute approximate surface area is 186 Å². The number of methoxy groups -OCH3 is 1. The highest BCUT2D eigenvalue weighted by atomic mass is 19.1. The molecule has 1 saturated heterocycles. The van der Waals surface area contributed by atoms with Crippen LogP contribution in [0.3, 0.4) is 0 Å². The largest absolute Gasteiger partial charge is 0.496 e. The molecule has 3 aromatic rings. The summed E-state index contributed by atoms with van der Waals surface area (Å²) in [6, 6.07) is 12.1. The molecule has 8 heteroatoms. The molecule has 0 unspecified atom stereocenters. The summed E-state index contributed by atoms with van der Waals surface area (Å²) < 4.78 is 19.1. The minimum absolute atomic E-state index is 0.109. The lowest BCUT2D eigenvalue weighted by Gasteiger charge is -2.35. The first-order valence-corrected chi connectivity index (χ1v) is 10.5. The van der Waals surface area contributed by atoms with Gasteiger partial charge < -0.3 is 19.9 Å². The molecule has 1 aromatic heterocycles. The van der Waals surface area contributed by atoms with Crippen LogP contribution in [0.4, 0.5) is 20.7 Å². The lowest BCUT2D eigenvalue weighted by Crippen LogP contribution is -2.50. The Morgan fingerprint density at radius 3 is 2.41 bits per heavy atom. The lowest BCUT2D eigenvalue weighted by atomic mass is 10.1. The number of carbonyl (C=O) groups excluding carboxylic acids is 1. The molecule has 1 aliphatic heterocycles. The molecule has 0 spiro atoms. The Morgan fingerprint density at radius 1 is 1.00 bits per heavy atom. The van der Waals surface area contributed by atoms with Gasteiger partial charge in [0.2, 0.25) is 0 Å². The predicted octanol–water partition coefficient (Wildman–Crippen LogP) is 4.26. The molecule has 1 N–H and O–H groups in total. The monoisotopic (exact) mass is 435 g/mol. The number of amides is 2. The second-order valence-electron chi connectivity index (χ2n) is 7.89. The third kappa shape index (κ3) is 4.80.